The van der Waals surface area contributed by atoms with Crippen LogP contribution in [0.2, 0.25) is 0 Å². The summed E-state index contributed by atoms with van der Waals surface area (Å²) < 4.78 is 13.7. The largest absolute Gasteiger partial charge is 0.207 e. The number of aryl methyl sites for hydroxylation is 1. The molecule has 0 aliphatic heterocycles. The molecule has 1 heteroatoms. The Hall–Kier alpha value is -1.63. The first-order valence-corrected chi connectivity index (χ1v) is 6.11. The van der Waals surface area contributed by atoms with E-state index in [1.165, 1.54) is 5.56 Å². The predicted molar refractivity (Wildman–Crippen MR) is 69.6 cm³/mol. The Morgan fingerprint density at radius 1 is 0.941 bits per heavy atom. The van der Waals surface area contributed by atoms with Crippen LogP contribution in [0.4, 0.5) is 4.39 Å². The maximum absolute atomic E-state index is 13.7. The SMILES string of the molecule is CCCc1ccc(F)c(Cc2ccccc2)c1. The minimum atomic E-state index is -0.103. The molecule has 0 aliphatic rings. The molecule has 0 fully saturated rings. The lowest BCUT2D eigenvalue weighted by molar-refractivity contribution is 0.612. The summed E-state index contributed by atoms with van der Waals surface area (Å²) in [6, 6.07) is 15.5. The second-order valence-corrected chi connectivity index (χ2v) is 4.34. The second-order valence-electron chi connectivity index (χ2n) is 4.34. The van der Waals surface area contributed by atoms with E-state index in [0.29, 0.717) is 6.42 Å². The van der Waals surface area contributed by atoms with Gasteiger partial charge in [-0.15, -0.1) is 0 Å². The molecule has 0 radical (unpaired) electrons. The summed E-state index contributed by atoms with van der Waals surface area (Å²) >= 11 is 0. The molecule has 0 spiro atoms. The van der Waals surface area contributed by atoms with Crippen molar-refractivity contribution in [3.05, 3.63) is 71.0 Å². The van der Waals surface area contributed by atoms with Crippen LogP contribution in [-0.2, 0) is 12.8 Å². The van der Waals surface area contributed by atoms with Gasteiger partial charge in [0.15, 0.2) is 0 Å². The Kier molecular flexibility index (Phi) is 3.92. The molecule has 2 aromatic rings. The van der Waals surface area contributed by atoms with Crippen LogP contribution < -0.4 is 0 Å². The van der Waals surface area contributed by atoms with Gasteiger partial charge in [0.25, 0.3) is 0 Å². The van der Waals surface area contributed by atoms with Crippen molar-refractivity contribution in [1.29, 1.82) is 0 Å². The smallest absolute Gasteiger partial charge is 0.126 e. The van der Waals surface area contributed by atoms with E-state index in [1.807, 2.05) is 42.5 Å². The van der Waals surface area contributed by atoms with Crippen molar-refractivity contribution in [1.82, 2.24) is 0 Å². The van der Waals surface area contributed by atoms with Crippen molar-refractivity contribution in [2.75, 3.05) is 0 Å². The zero-order valence-electron chi connectivity index (χ0n) is 10.1. The molecule has 0 bridgehead atoms. The van der Waals surface area contributed by atoms with Crippen LogP contribution >= 0.6 is 0 Å². The number of rotatable bonds is 4. The van der Waals surface area contributed by atoms with Crippen molar-refractivity contribution < 1.29 is 4.39 Å². The van der Waals surface area contributed by atoms with E-state index in [2.05, 4.69) is 6.92 Å². The highest BCUT2D eigenvalue weighted by Gasteiger charge is 2.04. The first-order valence-electron chi connectivity index (χ1n) is 6.11. The molecule has 0 aromatic heterocycles. The van der Waals surface area contributed by atoms with Crippen LogP contribution in [-0.4, -0.2) is 0 Å². The minimum absolute atomic E-state index is 0.103. The number of halogens is 1. The molecule has 2 aromatic carbocycles. The van der Waals surface area contributed by atoms with E-state index in [0.717, 1.165) is 24.0 Å². The summed E-state index contributed by atoms with van der Waals surface area (Å²) in [5.41, 5.74) is 3.17. The first-order chi connectivity index (χ1) is 8.29. The molecule has 88 valence electrons. The molecule has 2 rings (SSSR count). The van der Waals surface area contributed by atoms with Gasteiger partial charge in [-0.1, -0.05) is 55.8 Å². The van der Waals surface area contributed by atoms with Crippen molar-refractivity contribution in [3.63, 3.8) is 0 Å². The van der Waals surface area contributed by atoms with Gasteiger partial charge in [0.1, 0.15) is 5.82 Å². The van der Waals surface area contributed by atoms with Gasteiger partial charge >= 0.3 is 0 Å². The average molecular weight is 228 g/mol. The van der Waals surface area contributed by atoms with E-state index in [9.17, 15) is 4.39 Å². The molecule has 0 aliphatic carbocycles. The molecular formula is C16H17F. The molecular weight excluding hydrogens is 211 g/mol. The summed E-state index contributed by atoms with van der Waals surface area (Å²) in [4.78, 5) is 0. The van der Waals surface area contributed by atoms with E-state index >= 15 is 0 Å². The lowest BCUT2D eigenvalue weighted by Crippen LogP contribution is -1.95. The third-order valence-electron chi connectivity index (χ3n) is 2.89. The molecule has 17 heavy (non-hydrogen) atoms. The van der Waals surface area contributed by atoms with Crippen LogP contribution in [0.25, 0.3) is 0 Å². The molecule has 0 unspecified atom stereocenters. The van der Waals surface area contributed by atoms with E-state index in [4.69, 9.17) is 0 Å². The summed E-state index contributed by atoms with van der Waals surface area (Å²) in [6.07, 6.45) is 2.78. The number of hydrogen-bond donors (Lipinski definition) is 0. The predicted octanol–water partition coefficient (Wildman–Crippen LogP) is 4.37. The first kappa shape index (κ1) is 11.8. The van der Waals surface area contributed by atoms with Gasteiger partial charge in [-0.3, -0.25) is 0 Å². The van der Waals surface area contributed by atoms with Gasteiger partial charge in [0, 0.05) is 6.42 Å². The Labute approximate surface area is 102 Å². The molecule has 0 heterocycles. The van der Waals surface area contributed by atoms with Gasteiger partial charge in [0.2, 0.25) is 0 Å². The van der Waals surface area contributed by atoms with Crippen LogP contribution in [0.15, 0.2) is 48.5 Å². The highest BCUT2D eigenvalue weighted by atomic mass is 19.1. The maximum atomic E-state index is 13.7. The maximum Gasteiger partial charge on any atom is 0.126 e. The zero-order valence-corrected chi connectivity index (χ0v) is 10.1. The standard InChI is InChI=1S/C16H17F/c1-2-6-13-9-10-16(17)15(11-13)12-14-7-4-3-5-8-14/h3-5,7-11H,2,6,12H2,1H3. The topological polar surface area (TPSA) is 0 Å². The Morgan fingerprint density at radius 2 is 1.71 bits per heavy atom. The van der Waals surface area contributed by atoms with Crippen molar-refractivity contribution in [2.45, 2.75) is 26.2 Å². The Morgan fingerprint density at radius 3 is 2.41 bits per heavy atom. The molecule has 0 amide bonds. The van der Waals surface area contributed by atoms with Crippen LogP contribution in [0.3, 0.4) is 0 Å². The van der Waals surface area contributed by atoms with Crippen molar-refractivity contribution in [2.24, 2.45) is 0 Å². The molecule has 0 atom stereocenters. The zero-order chi connectivity index (χ0) is 12.1. The fourth-order valence-corrected chi connectivity index (χ4v) is 2.02. The van der Waals surface area contributed by atoms with E-state index < -0.39 is 0 Å². The molecule has 0 nitrogen and oxygen atoms in total. The van der Waals surface area contributed by atoms with Gasteiger partial charge in [-0.25, -0.2) is 4.39 Å². The van der Waals surface area contributed by atoms with Gasteiger partial charge < -0.3 is 0 Å². The fourth-order valence-electron chi connectivity index (χ4n) is 2.02. The Balaban J connectivity index is 2.22. The highest BCUT2D eigenvalue weighted by Crippen LogP contribution is 2.16. The van der Waals surface area contributed by atoms with Gasteiger partial charge in [0.05, 0.1) is 0 Å². The normalized spacial score (nSPS) is 10.5. The lowest BCUT2D eigenvalue weighted by atomic mass is 10.0. The summed E-state index contributed by atoms with van der Waals surface area (Å²) in [5, 5.41) is 0. The van der Waals surface area contributed by atoms with Crippen molar-refractivity contribution >= 4 is 0 Å². The third kappa shape index (κ3) is 3.16. The lowest BCUT2D eigenvalue weighted by Gasteiger charge is -2.06. The summed E-state index contributed by atoms with van der Waals surface area (Å²) in [7, 11) is 0. The van der Waals surface area contributed by atoms with Gasteiger partial charge in [-0.05, 0) is 29.2 Å². The molecule has 0 saturated carbocycles. The van der Waals surface area contributed by atoms with Crippen LogP contribution in [0.1, 0.15) is 30.0 Å². The van der Waals surface area contributed by atoms with E-state index in [-0.39, 0.29) is 5.82 Å². The minimum Gasteiger partial charge on any atom is -0.207 e. The third-order valence-corrected chi connectivity index (χ3v) is 2.89. The van der Waals surface area contributed by atoms with Crippen molar-refractivity contribution in [3.8, 4) is 0 Å². The fraction of sp³-hybridized carbons (Fsp3) is 0.250. The van der Waals surface area contributed by atoms with Crippen LogP contribution in [0, 0.1) is 5.82 Å². The van der Waals surface area contributed by atoms with Crippen LogP contribution in [0.5, 0.6) is 0 Å². The van der Waals surface area contributed by atoms with E-state index in [1.54, 1.807) is 6.07 Å². The highest BCUT2D eigenvalue weighted by molar-refractivity contribution is 5.30. The monoisotopic (exact) mass is 228 g/mol. The average Bonchev–Trinajstić information content (AvgIpc) is 2.35. The molecule has 0 N–H and O–H groups in total. The summed E-state index contributed by atoms with van der Waals surface area (Å²) in [6.45, 7) is 2.14. The Bertz CT molecular complexity index is 474. The number of benzene rings is 2. The molecule has 0 saturated heterocycles. The summed E-state index contributed by atoms with van der Waals surface area (Å²) in [5.74, 6) is -0.103. The second kappa shape index (κ2) is 5.62. The number of hydrogen-bond acceptors (Lipinski definition) is 0. The quantitative estimate of drug-likeness (QED) is 0.729. The van der Waals surface area contributed by atoms with Gasteiger partial charge in [-0.2, -0.15) is 0 Å².